The van der Waals surface area contributed by atoms with E-state index < -0.39 is 0 Å². The predicted octanol–water partition coefficient (Wildman–Crippen LogP) is 4.07. The van der Waals surface area contributed by atoms with E-state index in [1.54, 1.807) is 35.2 Å². The third-order valence-electron chi connectivity index (χ3n) is 3.51. The average Bonchev–Trinajstić information content (AvgIpc) is 3.08. The summed E-state index contributed by atoms with van der Waals surface area (Å²) < 4.78 is 2.64. The smallest absolute Gasteiger partial charge is 0.292 e. The van der Waals surface area contributed by atoms with Crippen LogP contribution in [0.4, 0.5) is 5.69 Å². The molecule has 0 saturated heterocycles. The van der Waals surface area contributed by atoms with Gasteiger partial charge in [-0.15, -0.1) is 0 Å². The highest BCUT2D eigenvalue weighted by Crippen LogP contribution is 2.21. The molecular weight excluding hydrogens is 368 g/mol. The summed E-state index contributed by atoms with van der Waals surface area (Å²) in [5.41, 5.74) is 2.96. The number of carbonyl (C=O) groups excluding carboxylic acids is 1. The second kappa shape index (κ2) is 6.69. The van der Waals surface area contributed by atoms with Gasteiger partial charge in [-0.25, -0.2) is 4.98 Å². The minimum Gasteiger partial charge on any atom is -0.319 e. The van der Waals surface area contributed by atoms with Gasteiger partial charge in [-0.1, -0.05) is 22.0 Å². The zero-order valence-electron chi connectivity index (χ0n) is 12.8. The van der Waals surface area contributed by atoms with Crippen LogP contribution < -0.4 is 5.32 Å². The predicted molar refractivity (Wildman–Crippen MR) is 95.1 cm³/mol. The van der Waals surface area contributed by atoms with Gasteiger partial charge in [0.25, 0.3) is 5.91 Å². The molecule has 3 aromatic rings. The number of aromatic nitrogens is 2. The number of nitrogens with one attached hydrogen (secondary N) is 1. The Kier molecular flexibility index (Phi) is 4.45. The van der Waals surface area contributed by atoms with E-state index in [9.17, 15) is 4.79 Å². The van der Waals surface area contributed by atoms with Gasteiger partial charge in [-0.3, -0.25) is 9.36 Å². The summed E-state index contributed by atoms with van der Waals surface area (Å²) in [6.07, 6.45) is 3.25. The third-order valence-corrected chi connectivity index (χ3v) is 4.40. The fourth-order valence-corrected chi connectivity index (χ4v) is 2.56. The number of benzene rings is 2. The molecular formula is C18H13BrN4O. The number of hydrogen-bond acceptors (Lipinski definition) is 3. The van der Waals surface area contributed by atoms with Crippen LogP contribution in [0.15, 0.2) is 59.3 Å². The summed E-state index contributed by atoms with van der Waals surface area (Å²) in [4.78, 5) is 16.7. The summed E-state index contributed by atoms with van der Waals surface area (Å²) in [6.45, 7) is 1.95. The van der Waals surface area contributed by atoms with Crippen molar-refractivity contribution in [1.29, 1.82) is 5.26 Å². The van der Waals surface area contributed by atoms with E-state index in [0.717, 1.165) is 10.0 Å². The van der Waals surface area contributed by atoms with Crippen molar-refractivity contribution in [1.82, 2.24) is 9.55 Å². The fraction of sp³-hybridized carbons (Fsp3) is 0.0556. The molecule has 0 bridgehead atoms. The Hall–Kier alpha value is -2.91. The summed E-state index contributed by atoms with van der Waals surface area (Å²) in [6, 6.07) is 14.7. The number of halogens is 1. The lowest BCUT2D eigenvalue weighted by Crippen LogP contribution is -2.17. The van der Waals surface area contributed by atoms with Crippen molar-refractivity contribution in [2.45, 2.75) is 6.92 Å². The molecule has 3 rings (SSSR count). The van der Waals surface area contributed by atoms with Gasteiger partial charge in [0.05, 0.1) is 11.6 Å². The van der Waals surface area contributed by atoms with Crippen LogP contribution in [0.5, 0.6) is 0 Å². The Morgan fingerprint density at radius 2 is 2.12 bits per heavy atom. The van der Waals surface area contributed by atoms with Gasteiger partial charge in [-0.2, -0.15) is 5.26 Å². The van der Waals surface area contributed by atoms with Crippen molar-refractivity contribution in [2.75, 3.05) is 5.32 Å². The van der Waals surface area contributed by atoms with E-state index in [1.165, 1.54) is 0 Å². The van der Waals surface area contributed by atoms with Gasteiger partial charge in [0.15, 0.2) is 0 Å². The second-order valence-corrected chi connectivity index (χ2v) is 6.06. The van der Waals surface area contributed by atoms with Gasteiger partial charge in [-0.05, 0) is 48.9 Å². The van der Waals surface area contributed by atoms with E-state index in [4.69, 9.17) is 5.26 Å². The highest BCUT2D eigenvalue weighted by Gasteiger charge is 2.15. The number of rotatable bonds is 3. The minimum absolute atomic E-state index is 0.255. The number of amides is 1. The lowest BCUT2D eigenvalue weighted by molar-refractivity contribution is 0.101. The molecule has 5 nitrogen and oxygen atoms in total. The average molecular weight is 381 g/mol. The lowest BCUT2D eigenvalue weighted by Gasteiger charge is -2.10. The Bertz CT molecular complexity index is 956. The topological polar surface area (TPSA) is 70.7 Å². The van der Waals surface area contributed by atoms with E-state index in [-0.39, 0.29) is 11.7 Å². The molecule has 0 unspecified atom stereocenters. The highest BCUT2D eigenvalue weighted by molar-refractivity contribution is 9.10. The van der Waals surface area contributed by atoms with E-state index in [2.05, 4.69) is 32.3 Å². The van der Waals surface area contributed by atoms with Crippen LogP contribution >= 0.6 is 15.9 Å². The van der Waals surface area contributed by atoms with Gasteiger partial charge < -0.3 is 5.32 Å². The first-order valence-corrected chi connectivity index (χ1v) is 7.99. The van der Waals surface area contributed by atoms with E-state index in [1.807, 2.05) is 31.2 Å². The van der Waals surface area contributed by atoms with Crippen LogP contribution in [-0.2, 0) is 0 Å². The van der Waals surface area contributed by atoms with Crippen LogP contribution in [0, 0.1) is 18.3 Å². The molecule has 1 heterocycles. The molecule has 0 saturated carbocycles. The first-order chi connectivity index (χ1) is 11.6. The van der Waals surface area contributed by atoms with Crippen molar-refractivity contribution in [3.63, 3.8) is 0 Å². The number of carbonyl (C=O) groups is 1. The molecule has 0 radical (unpaired) electrons. The monoisotopic (exact) mass is 380 g/mol. The van der Waals surface area contributed by atoms with E-state index in [0.29, 0.717) is 16.9 Å². The Morgan fingerprint density at radius 1 is 1.29 bits per heavy atom. The summed E-state index contributed by atoms with van der Waals surface area (Å²) in [7, 11) is 0. The number of nitriles is 1. The zero-order valence-corrected chi connectivity index (χ0v) is 14.4. The fourth-order valence-electron chi connectivity index (χ4n) is 2.31. The molecule has 1 aromatic heterocycles. The largest absolute Gasteiger partial charge is 0.319 e. The van der Waals surface area contributed by atoms with Crippen LogP contribution in [-0.4, -0.2) is 15.5 Å². The standard InChI is InChI=1S/C18H13BrN4O/c1-12-9-14(5-6-16(12)19)22-18(24)17-21-7-8-23(17)15-4-2-3-13(10-15)11-20/h2-10H,1H3,(H,22,24). The molecule has 6 heteroatoms. The van der Waals surface area contributed by atoms with E-state index >= 15 is 0 Å². The molecule has 0 spiro atoms. The van der Waals surface area contributed by atoms with Crippen molar-refractivity contribution in [2.24, 2.45) is 0 Å². The lowest BCUT2D eigenvalue weighted by atomic mass is 10.2. The minimum atomic E-state index is -0.316. The molecule has 2 aromatic carbocycles. The van der Waals surface area contributed by atoms with Gasteiger partial charge in [0.2, 0.25) is 5.82 Å². The maximum absolute atomic E-state index is 12.5. The molecule has 1 N–H and O–H groups in total. The van der Waals surface area contributed by atoms with Crippen molar-refractivity contribution < 1.29 is 4.79 Å². The van der Waals surface area contributed by atoms with Gasteiger partial charge >= 0.3 is 0 Å². The first kappa shape index (κ1) is 16.0. The highest BCUT2D eigenvalue weighted by atomic mass is 79.9. The molecule has 0 aliphatic heterocycles. The first-order valence-electron chi connectivity index (χ1n) is 7.20. The van der Waals surface area contributed by atoms with Crippen LogP contribution in [0.1, 0.15) is 21.7 Å². The summed E-state index contributed by atoms with van der Waals surface area (Å²) >= 11 is 3.43. The maximum atomic E-state index is 12.5. The van der Waals surface area contributed by atoms with Gasteiger partial charge in [0.1, 0.15) is 0 Å². The molecule has 0 fully saturated rings. The molecule has 0 aliphatic rings. The maximum Gasteiger partial charge on any atom is 0.292 e. The molecule has 1 amide bonds. The Balaban J connectivity index is 1.90. The second-order valence-electron chi connectivity index (χ2n) is 5.20. The van der Waals surface area contributed by atoms with Crippen LogP contribution in [0.25, 0.3) is 5.69 Å². The normalized spacial score (nSPS) is 10.2. The molecule has 0 aliphatic carbocycles. The Morgan fingerprint density at radius 3 is 2.88 bits per heavy atom. The van der Waals surface area contributed by atoms with Crippen LogP contribution in [0.2, 0.25) is 0 Å². The van der Waals surface area contributed by atoms with Crippen molar-refractivity contribution in [3.05, 3.63) is 76.3 Å². The van der Waals surface area contributed by atoms with Crippen LogP contribution in [0.3, 0.4) is 0 Å². The molecule has 24 heavy (non-hydrogen) atoms. The number of imidazole rings is 1. The quantitative estimate of drug-likeness (QED) is 0.744. The molecule has 118 valence electrons. The molecule has 0 atom stereocenters. The number of nitrogens with zero attached hydrogens (tertiary/aromatic N) is 3. The zero-order chi connectivity index (χ0) is 17.1. The summed E-state index contributed by atoms with van der Waals surface area (Å²) in [5.74, 6) is -0.0604. The number of anilines is 1. The SMILES string of the molecule is Cc1cc(NC(=O)c2nccn2-c2cccc(C#N)c2)ccc1Br. The summed E-state index contributed by atoms with van der Waals surface area (Å²) in [5, 5.41) is 11.9. The number of aryl methyl sites for hydroxylation is 1. The number of hydrogen-bond donors (Lipinski definition) is 1. The third kappa shape index (κ3) is 3.21. The van der Waals surface area contributed by atoms with Gasteiger partial charge in [0, 0.05) is 28.2 Å². The van der Waals surface area contributed by atoms with Crippen molar-refractivity contribution >= 4 is 27.5 Å². The Labute approximate surface area is 147 Å². The van der Waals surface area contributed by atoms with Crippen molar-refractivity contribution in [3.8, 4) is 11.8 Å².